The molecule has 1 heterocycles. The van der Waals surface area contributed by atoms with Gasteiger partial charge in [-0.3, -0.25) is 15.1 Å². The first kappa shape index (κ1) is 17.5. The quantitative estimate of drug-likeness (QED) is 0.471. The molecular weight excluding hydrogens is 332 g/mol. The fraction of sp³-hybridized carbons (Fsp3) is 0.211. The molecule has 2 amide bonds. The number of amidine groups is 1. The summed E-state index contributed by atoms with van der Waals surface area (Å²) in [6.45, 7) is 0.493. The lowest BCUT2D eigenvalue weighted by Gasteiger charge is -2.15. The summed E-state index contributed by atoms with van der Waals surface area (Å²) in [6, 6.07) is 14.3. The van der Waals surface area contributed by atoms with Gasteiger partial charge in [-0.1, -0.05) is 24.3 Å². The van der Waals surface area contributed by atoms with Crippen molar-refractivity contribution >= 4 is 23.5 Å². The molecule has 0 aliphatic carbocycles. The molecule has 2 aromatic carbocycles. The van der Waals surface area contributed by atoms with Crippen LogP contribution in [0.1, 0.15) is 29.2 Å². The van der Waals surface area contributed by atoms with E-state index in [2.05, 4.69) is 5.32 Å². The van der Waals surface area contributed by atoms with Gasteiger partial charge in [0.1, 0.15) is 5.84 Å². The van der Waals surface area contributed by atoms with Crippen LogP contribution >= 0.6 is 0 Å². The monoisotopic (exact) mass is 352 g/mol. The number of carbonyl (C=O) groups excluding carboxylic acids is 1. The van der Waals surface area contributed by atoms with Crippen LogP contribution in [0.15, 0.2) is 48.5 Å². The smallest absolute Gasteiger partial charge is 0.322 e. The summed E-state index contributed by atoms with van der Waals surface area (Å²) in [5, 5.41) is 19.1. The Hall–Kier alpha value is -3.35. The van der Waals surface area contributed by atoms with Gasteiger partial charge in [0.25, 0.3) is 0 Å². The van der Waals surface area contributed by atoms with Gasteiger partial charge in [-0.15, -0.1) is 0 Å². The molecule has 26 heavy (non-hydrogen) atoms. The number of hydrogen-bond acceptors (Lipinski definition) is 3. The summed E-state index contributed by atoms with van der Waals surface area (Å²) in [6.07, 6.45) is 0.588. The summed E-state index contributed by atoms with van der Waals surface area (Å²) in [5.74, 6) is -0.827. The van der Waals surface area contributed by atoms with Crippen molar-refractivity contribution in [1.29, 1.82) is 5.41 Å². The maximum atomic E-state index is 12.3. The first-order chi connectivity index (χ1) is 12.4. The van der Waals surface area contributed by atoms with Crippen LogP contribution in [0.25, 0.3) is 0 Å². The van der Waals surface area contributed by atoms with Crippen LogP contribution in [0, 0.1) is 5.41 Å². The highest BCUT2D eigenvalue weighted by molar-refractivity contribution is 5.97. The van der Waals surface area contributed by atoms with Crippen molar-refractivity contribution in [2.75, 3.05) is 11.4 Å². The molecule has 1 aliphatic rings. The molecule has 0 spiro atoms. The zero-order valence-electron chi connectivity index (χ0n) is 14.1. The fourth-order valence-electron chi connectivity index (χ4n) is 2.94. The van der Waals surface area contributed by atoms with Gasteiger partial charge in [0.05, 0.1) is 12.6 Å². The third kappa shape index (κ3) is 3.83. The Morgan fingerprint density at radius 3 is 2.42 bits per heavy atom. The third-order valence-corrected chi connectivity index (χ3v) is 4.41. The number of carboxylic acid groups (broad SMARTS) is 1. The number of nitrogens with zero attached hydrogens (tertiary/aromatic N) is 1. The largest absolute Gasteiger partial charge is 0.481 e. The minimum absolute atomic E-state index is 0.0108. The van der Waals surface area contributed by atoms with E-state index in [0.717, 1.165) is 16.8 Å². The number of aliphatic carboxylic acids is 1. The Labute approximate surface area is 150 Å². The Kier molecular flexibility index (Phi) is 4.88. The lowest BCUT2D eigenvalue weighted by molar-refractivity contribution is -0.136. The Morgan fingerprint density at radius 1 is 1.19 bits per heavy atom. The van der Waals surface area contributed by atoms with Crippen molar-refractivity contribution in [3.05, 3.63) is 65.2 Å². The van der Waals surface area contributed by atoms with Gasteiger partial charge < -0.3 is 16.2 Å². The van der Waals surface area contributed by atoms with E-state index >= 15 is 0 Å². The van der Waals surface area contributed by atoms with E-state index in [9.17, 15) is 9.59 Å². The highest BCUT2D eigenvalue weighted by atomic mass is 16.4. The van der Waals surface area contributed by atoms with Crippen molar-refractivity contribution in [3.8, 4) is 0 Å². The Bertz CT molecular complexity index is 831. The van der Waals surface area contributed by atoms with Gasteiger partial charge in [0.2, 0.25) is 0 Å². The molecule has 134 valence electrons. The number of aryl methyl sites for hydroxylation is 1. The Morgan fingerprint density at radius 2 is 1.85 bits per heavy atom. The van der Waals surface area contributed by atoms with E-state index < -0.39 is 5.97 Å². The van der Waals surface area contributed by atoms with E-state index in [1.54, 1.807) is 29.2 Å². The minimum Gasteiger partial charge on any atom is -0.481 e. The normalized spacial score (nSPS) is 16.4. The summed E-state index contributed by atoms with van der Waals surface area (Å²) in [4.78, 5) is 24.6. The maximum absolute atomic E-state index is 12.3. The second kappa shape index (κ2) is 7.26. The number of carbonyl (C=O) groups is 2. The first-order valence-electron chi connectivity index (χ1n) is 8.27. The van der Waals surface area contributed by atoms with Crippen molar-refractivity contribution < 1.29 is 14.7 Å². The van der Waals surface area contributed by atoms with E-state index in [1.165, 1.54) is 0 Å². The Balaban J connectivity index is 1.69. The molecule has 2 aromatic rings. The number of benzene rings is 2. The number of anilines is 1. The SMILES string of the molecule is N=C(N)c1ccc(N2CC(c3ccc(CCC(=O)O)cc3)NC2=O)cc1. The maximum Gasteiger partial charge on any atom is 0.322 e. The van der Waals surface area contributed by atoms with Gasteiger partial charge in [-0.2, -0.15) is 0 Å². The molecule has 0 saturated carbocycles. The molecule has 1 fully saturated rings. The van der Waals surface area contributed by atoms with E-state index in [0.29, 0.717) is 18.5 Å². The second-order valence-electron chi connectivity index (χ2n) is 6.21. The predicted molar refractivity (Wildman–Crippen MR) is 98.5 cm³/mol. The molecule has 1 atom stereocenters. The fourth-order valence-corrected chi connectivity index (χ4v) is 2.94. The van der Waals surface area contributed by atoms with E-state index in [4.69, 9.17) is 16.2 Å². The van der Waals surface area contributed by atoms with Crippen LogP contribution in [0.5, 0.6) is 0 Å². The van der Waals surface area contributed by atoms with Crippen LogP contribution in [-0.2, 0) is 11.2 Å². The van der Waals surface area contributed by atoms with E-state index in [1.807, 2.05) is 24.3 Å². The molecule has 5 N–H and O–H groups in total. The lowest BCUT2D eigenvalue weighted by atomic mass is 10.0. The van der Waals surface area contributed by atoms with Gasteiger partial charge in [0, 0.05) is 17.7 Å². The molecule has 1 aliphatic heterocycles. The number of rotatable bonds is 6. The van der Waals surface area contributed by atoms with Gasteiger partial charge in [0.15, 0.2) is 0 Å². The van der Waals surface area contributed by atoms with E-state index in [-0.39, 0.29) is 24.3 Å². The number of nitrogens with one attached hydrogen (secondary N) is 2. The molecule has 0 bridgehead atoms. The minimum atomic E-state index is -0.816. The number of urea groups is 1. The summed E-state index contributed by atoms with van der Waals surface area (Å²) in [5.41, 5.74) is 8.74. The van der Waals surface area contributed by atoms with Gasteiger partial charge in [-0.05, 0) is 41.8 Å². The van der Waals surface area contributed by atoms with Crippen LogP contribution in [0.3, 0.4) is 0 Å². The zero-order chi connectivity index (χ0) is 18.7. The van der Waals surface area contributed by atoms with Crippen molar-refractivity contribution in [1.82, 2.24) is 5.32 Å². The van der Waals surface area contributed by atoms with Crippen molar-refractivity contribution in [3.63, 3.8) is 0 Å². The number of nitrogens with two attached hydrogens (primary N) is 1. The van der Waals surface area contributed by atoms with Gasteiger partial charge >= 0.3 is 12.0 Å². The van der Waals surface area contributed by atoms with Gasteiger partial charge in [-0.25, -0.2) is 4.79 Å². The molecule has 3 rings (SSSR count). The summed E-state index contributed by atoms with van der Waals surface area (Å²) < 4.78 is 0. The topological polar surface area (TPSA) is 120 Å². The summed E-state index contributed by atoms with van der Waals surface area (Å²) >= 11 is 0. The third-order valence-electron chi connectivity index (χ3n) is 4.41. The van der Waals surface area contributed by atoms with Crippen molar-refractivity contribution in [2.24, 2.45) is 5.73 Å². The molecule has 0 radical (unpaired) electrons. The first-order valence-corrected chi connectivity index (χ1v) is 8.27. The average molecular weight is 352 g/mol. The average Bonchev–Trinajstić information content (AvgIpc) is 3.02. The molecular formula is C19H20N4O3. The van der Waals surface area contributed by atoms with Crippen molar-refractivity contribution in [2.45, 2.75) is 18.9 Å². The standard InChI is InChI=1S/C19H20N4O3/c20-18(21)14-6-8-15(9-7-14)23-11-16(22-19(23)26)13-4-1-12(2-5-13)3-10-17(24)25/h1-2,4-9,16H,3,10-11H2,(H3,20,21)(H,22,26)(H,24,25). The molecule has 1 unspecified atom stereocenters. The van der Waals surface area contributed by atoms with Crippen LogP contribution in [0.4, 0.5) is 10.5 Å². The molecule has 0 aromatic heterocycles. The molecule has 1 saturated heterocycles. The summed E-state index contributed by atoms with van der Waals surface area (Å²) in [7, 11) is 0. The number of carboxylic acids is 1. The predicted octanol–water partition coefficient (Wildman–Crippen LogP) is 2.26. The number of nitrogen functional groups attached to an aromatic ring is 1. The van der Waals surface area contributed by atoms with Crippen LogP contribution < -0.4 is 16.0 Å². The number of hydrogen-bond donors (Lipinski definition) is 4. The van der Waals surface area contributed by atoms with Crippen LogP contribution in [0.2, 0.25) is 0 Å². The van der Waals surface area contributed by atoms with Crippen LogP contribution in [-0.4, -0.2) is 29.5 Å². The highest BCUT2D eigenvalue weighted by Gasteiger charge is 2.30. The molecule has 7 nitrogen and oxygen atoms in total. The zero-order valence-corrected chi connectivity index (χ0v) is 14.1. The number of amides is 2. The molecule has 7 heteroatoms. The lowest BCUT2D eigenvalue weighted by Crippen LogP contribution is -2.27. The highest BCUT2D eigenvalue weighted by Crippen LogP contribution is 2.26. The second-order valence-corrected chi connectivity index (χ2v) is 6.21.